The lowest BCUT2D eigenvalue weighted by atomic mass is 10.1. The van der Waals surface area contributed by atoms with Crippen LogP contribution in [0.5, 0.6) is 0 Å². The molecule has 0 unspecified atom stereocenters. The molecule has 0 aromatic heterocycles. The zero-order valence-electron chi connectivity index (χ0n) is 19.1. The summed E-state index contributed by atoms with van der Waals surface area (Å²) in [6, 6.07) is 7.68. The molecule has 1 aromatic carbocycles. The lowest BCUT2D eigenvalue weighted by Crippen LogP contribution is -2.51. The number of piperazine rings is 1. The number of benzene rings is 1. The Hall–Kier alpha value is -1.64. The van der Waals surface area contributed by atoms with Crippen LogP contribution in [0.1, 0.15) is 27.2 Å². The summed E-state index contributed by atoms with van der Waals surface area (Å²) < 4.78 is 5.66. The summed E-state index contributed by atoms with van der Waals surface area (Å²) in [7, 11) is 0. The van der Waals surface area contributed by atoms with Gasteiger partial charge in [0, 0.05) is 61.8 Å². The van der Waals surface area contributed by atoms with Gasteiger partial charge in [-0.05, 0) is 51.5 Å². The first-order chi connectivity index (χ1) is 15.2. The van der Waals surface area contributed by atoms with Crippen molar-refractivity contribution in [2.24, 2.45) is 0 Å². The molecule has 3 fully saturated rings. The fraction of sp³-hybridized carbons (Fsp3) is 0.652. The molecule has 7 nitrogen and oxygen atoms in total. The van der Waals surface area contributed by atoms with Gasteiger partial charge >= 0.3 is 6.09 Å². The molecule has 1 aromatic rings. The second kappa shape index (κ2) is 9.69. The maximum atomic E-state index is 13.2. The van der Waals surface area contributed by atoms with Crippen molar-refractivity contribution < 1.29 is 14.3 Å². The van der Waals surface area contributed by atoms with Crippen molar-refractivity contribution >= 4 is 41.1 Å². The Morgan fingerprint density at radius 2 is 1.75 bits per heavy atom. The summed E-state index contributed by atoms with van der Waals surface area (Å²) >= 11 is 7.79. The zero-order valence-corrected chi connectivity index (χ0v) is 20.7. The molecule has 4 rings (SSSR count). The number of thioether (sulfide) groups is 1. The van der Waals surface area contributed by atoms with E-state index in [2.05, 4.69) is 21.9 Å². The molecule has 3 saturated heterocycles. The highest BCUT2D eigenvalue weighted by Gasteiger charge is 2.45. The predicted molar refractivity (Wildman–Crippen MR) is 129 cm³/mol. The Kier molecular flexibility index (Phi) is 7.12. The van der Waals surface area contributed by atoms with Gasteiger partial charge in [0.05, 0.1) is 5.88 Å². The Morgan fingerprint density at radius 1 is 1.06 bits per heavy atom. The SMILES string of the molecule is CC(C)(C)OC(=O)N1C[C@@H](N2CCN(c3ccc(Cl)cc3)CC2)C[C@H]1C(=O)N1CCSC1. The van der Waals surface area contributed by atoms with Crippen LogP contribution in [0.4, 0.5) is 10.5 Å². The molecule has 3 heterocycles. The molecule has 2 amide bonds. The summed E-state index contributed by atoms with van der Waals surface area (Å²) in [6.45, 7) is 10.5. The lowest BCUT2D eigenvalue weighted by molar-refractivity contribution is -0.134. The van der Waals surface area contributed by atoms with Gasteiger partial charge in [0.25, 0.3) is 0 Å². The number of ether oxygens (including phenoxy) is 1. The molecule has 9 heteroatoms. The van der Waals surface area contributed by atoms with E-state index in [1.165, 1.54) is 5.69 Å². The summed E-state index contributed by atoms with van der Waals surface area (Å²) in [4.78, 5) is 34.6. The van der Waals surface area contributed by atoms with E-state index in [9.17, 15) is 9.59 Å². The van der Waals surface area contributed by atoms with Crippen molar-refractivity contribution in [3.05, 3.63) is 29.3 Å². The number of nitrogens with zero attached hydrogens (tertiary/aromatic N) is 4. The Bertz CT molecular complexity index is 818. The summed E-state index contributed by atoms with van der Waals surface area (Å²) in [5.74, 6) is 1.73. The van der Waals surface area contributed by atoms with E-state index < -0.39 is 11.6 Å². The van der Waals surface area contributed by atoms with Crippen LogP contribution in [-0.2, 0) is 9.53 Å². The van der Waals surface area contributed by atoms with Gasteiger partial charge in [0.1, 0.15) is 11.6 Å². The fourth-order valence-corrected chi connectivity index (χ4v) is 5.71. The first-order valence-corrected chi connectivity index (χ1v) is 12.9. The van der Waals surface area contributed by atoms with Crippen molar-refractivity contribution in [1.29, 1.82) is 0 Å². The van der Waals surface area contributed by atoms with Crippen LogP contribution in [0, 0.1) is 0 Å². The van der Waals surface area contributed by atoms with Gasteiger partial charge in [-0.1, -0.05) is 11.6 Å². The van der Waals surface area contributed by atoms with Gasteiger partial charge in [-0.3, -0.25) is 14.6 Å². The van der Waals surface area contributed by atoms with Crippen molar-refractivity contribution in [2.45, 2.75) is 44.9 Å². The largest absolute Gasteiger partial charge is 0.444 e. The molecular weight excluding hydrogens is 448 g/mol. The van der Waals surface area contributed by atoms with Crippen LogP contribution in [0.2, 0.25) is 5.02 Å². The molecule has 3 aliphatic rings. The zero-order chi connectivity index (χ0) is 22.9. The third-order valence-corrected chi connectivity index (χ3v) is 7.50. The molecule has 2 atom stereocenters. The standard InChI is InChI=1S/C23H33ClN4O3S/c1-23(2,3)31-22(30)28-15-19(14-20(28)21(29)27-12-13-32-16-27)26-10-8-25(9-11-26)18-6-4-17(24)5-7-18/h4-7,19-20H,8-16H2,1-3H3/t19-,20-/m0/s1. The van der Waals surface area contributed by atoms with Crippen LogP contribution in [0.3, 0.4) is 0 Å². The topological polar surface area (TPSA) is 56.3 Å². The number of hydrogen-bond acceptors (Lipinski definition) is 6. The second-order valence-corrected chi connectivity index (χ2v) is 11.2. The predicted octanol–water partition coefficient (Wildman–Crippen LogP) is 3.37. The Balaban J connectivity index is 1.42. The Morgan fingerprint density at radius 3 is 2.34 bits per heavy atom. The van der Waals surface area contributed by atoms with Crippen LogP contribution in [0.25, 0.3) is 0 Å². The van der Waals surface area contributed by atoms with E-state index in [-0.39, 0.29) is 18.0 Å². The smallest absolute Gasteiger partial charge is 0.411 e. The van der Waals surface area contributed by atoms with Gasteiger partial charge in [0.2, 0.25) is 5.91 Å². The van der Waals surface area contributed by atoms with Crippen LogP contribution < -0.4 is 4.90 Å². The monoisotopic (exact) mass is 480 g/mol. The second-order valence-electron chi connectivity index (χ2n) is 9.68. The minimum absolute atomic E-state index is 0.0585. The van der Waals surface area contributed by atoms with Crippen LogP contribution in [0.15, 0.2) is 24.3 Å². The number of rotatable bonds is 3. The molecule has 0 N–H and O–H groups in total. The van der Waals surface area contributed by atoms with E-state index in [0.29, 0.717) is 18.8 Å². The van der Waals surface area contributed by atoms with Crippen molar-refractivity contribution in [1.82, 2.24) is 14.7 Å². The lowest BCUT2D eigenvalue weighted by Gasteiger charge is -2.39. The third-order valence-electron chi connectivity index (χ3n) is 6.28. The maximum absolute atomic E-state index is 13.2. The highest BCUT2D eigenvalue weighted by molar-refractivity contribution is 7.99. The molecule has 0 radical (unpaired) electrons. The van der Waals surface area contributed by atoms with Crippen molar-refractivity contribution in [2.75, 3.05) is 55.8 Å². The first kappa shape index (κ1) is 23.5. The van der Waals surface area contributed by atoms with E-state index >= 15 is 0 Å². The summed E-state index contributed by atoms with van der Waals surface area (Å²) in [5, 5.41) is 0.743. The van der Waals surface area contributed by atoms with Crippen LogP contribution >= 0.6 is 23.4 Å². The third kappa shape index (κ3) is 5.46. The van der Waals surface area contributed by atoms with E-state index in [1.54, 1.807) is 16.7 Å². The molecular formula is C23H33ClN4O3S. The molecule has 3 aliphatic heterocycles. The quantitative estimate of drug-likeness (QED) is 0.661. The number of amides is 2. The normalized spacial score (nSPS) is 24.8. The number of hydrogen-bond donors (Lipinski definition) is 0. The van der Waals surface area contributed by atoms with E-state index in [0.717, 1.165) is 43.5 Å². The van der Waals surface area contributed by atoms with Gasteiger partial charge in [-0.25, -0.2) is 4.79 Å². The maximum Gasteiger partial charge on any atom is 0.411 e. The number of carbonyl (C=O) groups is 2. The molecule has 0 saturated carbocycles. The van der Waals surface area contributed by atoms with Crippen LogP contribution in [-0.4, -0.2) is 95.3 Å². The molecule has 0 bridgehead atoms. The average Bonchev–Trinajstić information content (AvgIpc) is 3.43. The highest BCUT2D eigenvalue weighted by atomic mass is 35.5. The first-order valence-electron chi connectivity index (χ1n) is 11.3. The molecule has 0 aliphatic carbocycles. The van der Waals surface area contributed by atoms with E-state index in [1.807, 2.05) is 37.8 Å². The number of likely N-dealkylation sites (tertiary alicyclic amines) is 1. The van der Waals surface area contributed by atoms with E-state index in [4.69, 9.17) is 16.3 Å². The van der Waals surface area contributed by atoms with Gasteiger partial charge in [-0.2, -0.15) is 0 Å². The Labute approximate surface area is 200 Å². The summed E-state index contributed by atoms with van der Waals surface area (Å²) in [5.41, 5.74) is 0.589. The highest BCUT2D eigenvalue weighted by Crippen LogP contribution is 2.29. The van der Waals surface area contributed by atoms with Gasteiger partial charge < -0.3 is 14.5 Å². The van der Waals surface area contributed by atoms with Gasteiger partial charge in [-0.15, -0.1) is 11.8 Å². The van der Waals surface area contributed by atoms with Crippen molar-refractivity contribution in [3.8, 4) is 0 Å². The number of carbonyl (C=O) groups excluding carboxylic acids is 2. The minimum atomic E-state index is -0.587. The minimum Gasteiger partial charge on any atom is -0.444 e. The molecule has 176 valence electrons. The van der Waals surface area contributed by atoms with Gasteiger partial charge in [0.15, 0.2) is 0 Å². The number of halogens is 1. The molecule has 32 heavy (non-hydrogen) atoms. The summed E-state index contributed by atoms with van der Waals surface area (Å²) in [6.07, 6.45) is 0.283. The fourth-order valence-electron chi connectivity index (χ4n) is 4.63. The molecule has 0 spiro atoms. The number of anilines is 1. The van der Waals surface area contributed by atoms with Crippen molar-refractivity contribution in [3.63, 3.8) is 0 Å². The average molecular weight is 481 g/mol.